The average Bonchev–Trinajstić information content (AvgIpc) is 2.55. The molecule has 1 unspecified atom stereocenters. The van der Waals surface area contributed by atoms with E-state index in [1.807, 2.05) is 25.1 Å². The van der Waals surface area contributed by atoms with E-state index >= 15 is 0 Å². The molecule has 0 spiro atoms. The van der Waals surface area contributed by atoms with Crippen molar-refractivity contribution in [2.45, 2.75) is 32.7 Å². The number of nitrogens with one attached hydrogen (secondary N) is 1. The number of aromatic nitrogens is 2. The van der Waals surface area contributed by atoms with E-state index in [1.54, 1.807) is 12.1 Å². The summed E-state index contributed by atoms with van der Waals surface area (Å²) >= 11 is 0. The quantitative estimate of drug-likeness (QED) is 0.845. The van der Waals surface area contributed by atoms with Gasteiger partial charge < -0.3 is 11.1 Å². The summed E-state index contributed by atoms with van der Waals surface area (Å²) in [6, 6.07) is 11.8. The van der Waals surface area contributed by atoms with E-state index in [-0.39, 0.29) is 17.2 Å². The van der Waals surface area contributed by atoms with Gasteiger partial charge in [-0.05, 0) is 37.5 Å². The summed E-state index contributed by atoms with van der Waals surface area (Å²) in [5, 5.41) is 7.14. The Hall–Kier alpha value is -2.47. The van der Waals surface area contributed by atoms with Crippen LogP contribution in [0, 0.1) is 5.92 Å². The normalized spacial score (nSPS) is 13.5. The van der Waals surface area contributed by atoms with Gasteiger partial charge in [-0.3, -0.25) is 9.59 Å². The summed E-state index contributed by atoms with van der Waals surface area (Å²) in [6.07, 6.45) is 0.758. The van der Waals surface area contributed by atoms with E-state index in [9.17, 15) is 9.59 Å². The Bertz CT molecular complexity index is 755. The van der Waals surface area contributed by atoms with Crippen LogP contribution in [0.5, 0.6) is 0 Å². The lowest BCUT2D eigenvalue weighted by Gasteiger charge is -2.31. The Morgan fingerprint density at radius 2 is 1.92 bits per heavy atom. The topological polar surface area (TPSA) is 90.0 Å². The Labute approximate surface area is 141 Å². The number of para-hydroxylation sites is 1. The summed E-state index contributed by atoms with van der Waals surface area (Å²) in [6.45, 7) is 6.40. The fourth-order valence-corrected chi connectivity index (χ4v) is 2.71. The maximum absolute atomic E-state index is 12.6. The zero-order valence-corrected chi connectivity index (χ0v) is 14.3. The minimum atomic E-state index is -0.513. The molecule has 24 heavy (non-hydrogen) atoms. The van der Waals surface area contributed by atoms with Crippen molar-refractivity contribution < 1.29 is 4.79 Å². The lowest BCUT2D eigenvalue weighted by atomic mass is 9.90. The van der Waals surface area contributed by atoms with Crippen molar-refractivity contribution in [3.63, 3.8) is 0 Å². The van der Waals surface area contributed by atoms with E-state index < -0.39 is 5.54 Å². The highest BCUT2D eigenvalue weighted by Crippen LogP contribution is 2.16. The molecule has 128 valence electrons. The number of hydrogen-bond donors (Lipinski definition) is 2. The van der Waals surface area contributed by atoms with Crippen LogP contribution >= 0.6 is 0 Å². The van der Waals surface area contributed by atoms with Crippen LogP contribution in [-0.2, 0) is 0 Å². The molecule has 0 aliphatic heterocycles. The van der Waals surface area contributed by atoms with Crippen molar-refractivity contribution in [2.75, 3.05) is 6.54 Å². The van der Waals surface area contributed by atoms with Crippen LogP contribution in [0.1, 0.15) is 37.7 Å². The zero-order valence-electron chi connectivity index (χ0n) is 14.3. The van der Waals surface area contributed by atoms with E-state index in [1.165, 1.54) is 16.8 Å². The highest BCUT2D eigenvalue weighted by atomic mass is 16.2. The van der Waals surface area contributed by atoms with Crippen LogP contribution < -0.4 is 16.6 Å². The number of carbonyl (C=O) groups is 1. The fourth-order valence-electron chi connectivity index (χ4n) is 2.71. The molecule has 0 aliphatic carbocycles. The molecule has 1 atom stereocenters. The third kappa shape index (κ3) is 4.29. The Kier molecular flexibility index (Phi) is 5.51. The standard InChI is InChI=1S/C18H24N4O2/c1-13(2)11-18(3,12-19)20-17(24)15-9-10-16(23)22(21-15)14-7-5-4-6-8-14/h4-10,13H,11-12,19H2,1-3H3,(H,20,24). The van der Waals surface area contributed by atoms with Gasteiger partial charge in [-0.2, -0.15) is 9.78 Å². The maximum Gasteiger partial charge on any atom is 0.272 e. The minimum absolute atomic E-state index is 0.182. The number of nitrogens with zero attached hydrogens (tertiary/aromatic N) is 2. The van der Waals surface area contributed by atoms with Gasteiger partial charge in [0.15, 0.2) is 0 Å². The molecule has 2 rings (SSSR count). The number of amides is 1. The molecule has 0 radical (unpaired) electrons. The van der Waals surface area contributed by atoms with Gasteiger partial charge in [0.2, 0.25) is 0 Å². The van der Waals surface area contributed by atoms with Crippen LogP contribution in [0.25, 0.3) is 5.69 Å². The number of rotatable bonds is 6. The second kappa shape index (κ2) is 7.40. The Morgan fingerprint density at radius 1 is 1.25 bits per heavy atom. The van der Waals surface area contributed by atoms with Crippen molar-refractivity contribution >= 4 is 5.91 Å². The van der Waals surface area contributed by atoms with E-state index in [0.29, 0.717) is 18.2 Å². The minimum Gasteiger partial charge on any atom is -0.344 e. The van der Waals surface area contributed by atoms with Crippen molar-refractivity contribution in [3.05, 3.63) is 58.5 Å². The molecular weight excluding hydrogens is 304 g/mol. The van der Waals surface area contributed by atoms with E-state index in [2.05, 4.69) is 24.3 Å². The van der Waals surface area contributed by atoms with Gasteiger partial charge in [-0.25, -0.2) is 0 Å². The van der Waals surface area contributed by atoms with Crippen molar-refractivity contribution in [2.24, 2.45) is 11.7 Å². The molecular formula is C18H24N4O2. The monoisotopic (exact) mass is 328 g/mol. The molecule has 0 fully saturated rings. The molecule has 0 bridgehead atoms. The SMILES string of the molecule is CC(C)CC(C)(CN)NC(=O)c1ccc(=O)n(-c2ccccc2)n1. The number of hydrogen-bond acceptors (Lipinski definition) is 4. The largest absolute Gasteiger partial charge is 0.344 e. The summed E-state index contributed by atoms with van der Waals surface area (Å²) in [4.78, 5) is 24.6. The van der Waals surface area contributed by atoms with E-state index in [0.717, 1.165) is 6.42 Å². The zero-order chi connectivity index (χ0) is 17.7. The van der Waals surface area contributed by atoms with Gasteiger partial charge in [0.1, 0.15) is 5.69 Å². The summed E-state index contributed by atoms with van der Waals surface area (Å²) in [5.41, 5.74) is 5.83. The summed E-state index contributed by atoms with van der Waals surface area (Å²) < 4.78 is 1.22. The van der Waals surface area contributed by atoms with Gasteiger partial charge in [0.05, 0.1) is 11.2 Å². The second-order valence-electron chi connectivity index (χ2n) is 6.62. The third-order valence-corrected chi connectivity index (χ3v) is 3.76. The molecule has 1 heterocycles. The average molecular weight is 328 g/mol. The molecule has 0 saturated heterocycles. The van der Waals surface area contributed by atoms with Crippen molar-refractivity contribution in [1.29, 1.82) is 0 Å². The van der Waals surface area contributed by atoms with Crippen LogP contribution in [0.3, 0.4) is 0 Å². The first-order chi connectivity index (χ1) is 11.3. The number of nitrogens with two attached hydrogens (primary N) is 1. The molecule has 0 saturated carbocycles. The predicted octanol–water partition coefficient (Wildman–Crippen LogP) is 1.73. The van der Waals surface area contributed by atoms with Gasteiger partial charge in [-0.15, -0.1) is 0 Å². The number of benzene rings is 1. The first-order valence-corrected chi connectivity index (χ1v) is 8.03. The first-order valence-electron chi connectivity index (χ1n) is 8.03. The predicted molar refractivity (Wildman–Crippen MR) is 94.2 cm³/mol. The molecule has 1 aromatic carbocycles. The van der Waals surface area contributed by atoms with Crippen molar-refractivity contribution in [1.82, 2.24) is 15.1 Å². The Balaban J connectivity index is 2.29. The van der Waals surface area contributed by atoms with Crippen LogP contribution in [0.4, 0.5) is 0 Å². The highest BCUT2D eigenvalue weighted by Gasteiger charge is 2.27. The van der Waals surface area contributed by atoms with Gasteiger partial charge >= 0.3 is 0 Å². The maximum atomic E-state index is 12.6. The molecule has 6 nitrogen and oxygen atoms in total. The smallest absolute Gasteiger partial charge is 0.272 e. The molecule has 0 aliphatic rings. The first kappa shape index (κ1) is 17.9. The number of carbonyl (C=O) groups excluding carboxylic acids is 1. The third-order valence-electron chi connectivity index (χ3n) is 3.76. The van der Waals surface area contributed by atoms with Crippen molar-refractivity contribution in [3.8, 4) is 5.69 Å². The molecule has 3 N–H and O–H groups in total. The highest BCUT2D eigenvalue weighted by molar-refractivity contribution is 5.92. The Morgan fingerprint density at radius 3 is 2.50 bits per heavy atom. The fraction of sp³-hybridized carbons (Fsp3) is 0.389. The summed E-state index contributed by atoms with van der Waals surface area (Å²) in [7, 11) is 0. The molecule has 6 heteroatoms. The lowest BCUT2D eigenvalue weighted by Crippen LogP contribution is -2.52. The lowest BCUT2D eigenvalue weighted by molar-refractivity contribution is 0.0891. The second-order valence-corrected chi connectivity index (χ2v) is 6.62. The molecule has 2 aromatic rings. The summed E-state index contributed by atoms with van der Waals surface area (Å²) in [5.74, 6) is 0.0540. The molecule has 1 amide bonds. The van der Waals surface area contributed by atoms with Crippen LogP contribution in [-0.4, -0.2) is 27.8 Å². The van der Waals surface area contributed by atoms with Gasteiger partial charge in [0.25, 0.3) is 11.5 Å². The van der Waals surface area contributed by atoms with Gasteiger partial charge in [0, 0.05) is 12.6 Å². The van der Waals surface area contributed by atoms with Gasteiger partial charge in [-0.1, -0.05) is 32.0 Å². The molecule has 1 aromatic heterocycles. The van der Waals surface area contributed by atoms with E-state index in [4.69, 9.17) is 5.73 Å². The van der Waals surface area contributed by atoms with Crippen LogP contribution in [0.2, 0.25) is 0 Å². The van der Waals surface area contributed by atoms with Crippen LogP contribution in [0.15, 0.2) is 47.3 Å².